The molecule has 0 amide bonds. The van der Waals surface area contributed by atoms with Crippen LogP contribution in [0.1, 0.15) is 0 Å². The third-order valence-corrected chi connectivity index (χ3v) is 1.11. The fourth-order valence-electron chi connectivity index (χ4n) is 0.642. The predicted molar refractivity (Wildman–Crippen MR) is 43.0 cm³/mol. The molecule has 0 aromatic rings. The van der Waals surface area contributed by atoms with Crippen LogP contribution in [0, 0.1) is 64.2 Å². The molecular formula is C10H10Cr+2. The quantitative estimate of drug-likeness (QED) is 0.537. The molecule has 0 atom stereocenters. The first-order valence-corrected chi connectivity index (χ1v) is 3.33. The molecule has 2 saturated carbocycles. The van der Waals surface area contributed by atoms with Crippen molar-refractivity contribution in [2.45, 2.75) is 0 Å². The summed E-state index contributed by atoms with van der Waals surface area (Å²) in [6.07, 6.45) is 20.0. The van der Waals surface area contributed by atoms with Gasteiger partial charge >= 0.3 is 17.4 Å². The molecule has 54 valence electrons. The summed E-state index contributed by atoms with van der Waals surface area (Å²) in [5.41, 5.74) is 0. The summed E-state index contributed by atoms with van der Waals surface area (Å²) in [7, 11) is 0. The van der Waals surface area contributed by atoms with Gasteiger partial charge in [-0.2, -0.15) is 0 Å². The molecule has 2 rings (SSSR count). The van der Waals surface area contributed by atoms with Crippen LogP contribution in [-0.4, -0.2) is 0 Å². The van der Waals surface area contributed by atoms with Gasteiger partial charge in [0.2, 0.25) is 0 Å². The molecular weight excluding hydrogens is 172 g/mol. The summed E-state index contributed by atoms with van der Waals surface area (Å²) in [6.45, 7) is 0. The average Bonchev–Trinajstić information content (AvgIpc) is 2.67. The van der Waals surface area contributed by atoms with E-state index in [2.05, 4.69) is 0 Å². The maximum atomic E-state index is 2.00. The summed E-state index contributed by atoms with van der Waals surface area (Å²) in [6, 6.07) is 0. The SMILES string of the molecule is [CH]1[CH][CH][CH][CH]1.[CH]1[CH][CH][CH][CH]1.[Cr+2]. The molecule has 0 heterocycles. The molecule has 0 nitrogen and oxygen atoms in total. The Balaban J connectivity index is 0.000000167. The Morgan fingerprint density at radius 3 is 0.455 bits per heavy atom. The van der Waals surface area contributed by atoms with Gasteiger partial charge in [-0.25, -0.2) is 0 Å². The molecule has 2 fully saturated rings. The molecule has 2 aliphatic rings. The fraction of sp³-hybridized carbons (Fsp3) is 0. The van der Waals surface area contributed by atoms with Gasteiger partial charge in [0.15, 0.2) is 0 Å². The number of rotatable bonds is 0. The van der Waals surface area contributed by atoms with Gasteiger partial charge in [0.25, 0.3) is 0 Å². The van der Waals surface area contributed by atoms with E-state index < -0.39 is 0 Å². The van der Waals surface area contributed by atoms with E-state index in [0.29, 0.717) is 0 Å². The Hall–Kier alpha value is 0.532. The Bertz CT molecular complexity index is 38.1. The van der Waals surface area contributed by atoms with Gasteiger partial charge in [-0.05, 0) is 64.2 Å². The minimum atomic E-state index is 0. The first kappa shape index (κ1) is 11.5. The number of hydrogen-bond acceptors (Lipinski definition) is 0. The molecule has 0 bridgehead atoms. The molecule has 0 unspecified atom stereocenters. The van der Waals surface area contributed by atoms with E-state index in [0.717, 1.165) is 0 Å². The van der Waals surface area contributed by atoms with Crippen LogP contribution in [0.2, 0.25) is 0 Å². The van der Waals surface area contributed by atoms with Crippen molar-refractivity contribution in [2.24, 2.45) is 0 Å². The van der Waals surface area contributed by atoms with E-state index in [1.54, 1.807) is 0 Å². The van der Waals surface area contributed by atoms with Gasteiger partial charge in [-0.1, -0.05) is 0 Å². The van der Waals surface area contributed by atoms with E-state index in [9.17, 15) is 0 Å². The molecule has 10 radical (unpaired) electrons. The van der Waals surface area contributed by atoms with Gasteiger partial charge in [0.1, 0.15) is 0 Å². The first-order valence-electron chi connectivity index (χ1n) is 3.33. The Kier molecular flexibility index (Phi) is 9.05. The molecule has 0 aromatic carbocycles. The summed E-state index contributed by atoms with van der Waals surface area (Å²) in [5.74, 6) is 0. The van der Waals surface area contributed by atoms with Crippen LogP contribution in [-0.2, 0) is 17.4 Å². The van der Waals surface area contributed by atoms with E-state index in [1.807, 2.05) is 64.2 Å². The zero-order valence-corrected chi connectivity index (χ0v) is 7.46. The van der Waals surface area contributed by atoms with E-state index in [-0.39, 0.29) is 17.4 Å². The number of hydrogen-bond donors (Lipinski definition) is 0. The second-order valence-electron chi connectivity index (χ2n) is 1.92. The van der Waals surface area contributed by atoms with Crippen molar-refractivity contribution < 1.29 is 17.4 Å². The fourth-order valence-corrected chi connectivity index (χ4v) is 0.642. The Labute approximate surface area is 81.9 Å². The largest absolute Gasteiger partial charge is 2.00 e. The first-order chi connectivity index (χ1) is 5.00. The van der Waals surface area contributed by atoms with Crippen LogP contribution in [0.25, 0.3) is 0 Å². The maximum Gasteiger partial charge on any atom is 2.00 e. The van der Waals surface area contributed by atoms with Crippen molar-refractivity contribution in [3.8, 4) is 0 Å². The van der Waals surface area contributed by atoms with Gasteiger partial charge in [0, 0.05) is 0 Å². The summed E-state index contributed by atoms with van der Waals surface area (Å²) in [5, 5.41) is 0. The van der Waals surface area contributed by atoms with Crippen molar-refractivity contribution in [1.29, 1.82) is 0 Å². The molecule has 0 spiro atoms. The van der Waals surface area contributed by atoms with Crippen LogP contribution >= 0.6 is 0 Å². The van der Waals surface area contributed by atoms with Gasteiger partial charge in [0.05, 0.1) is 0 Å². The minimum Gasteiger partial charge on any atom is -0.0312 e. The monoisotopic (exact) mass is 182 g/mol. The topological polar surface area (TPSA) is 0 Å². The van der Waals surface area contributed by atoms with Crippen molar-refractivity contribution >= 4 is 0 Å². The maximum absolute atomic E-state index is 2.00. The zero-order valence-electron chi connectivity index (χ0n) is 6.18. The molecule has 0 N–H and O–H groups in total. The average molecular weight is 182 g/mol. The molecule has 2 aliphatic carbocycles. The normalized spacial score (nSPS) is 21.8. The smallest absolute Gasteiger partial charge is 0.0312 e. The molecule has 0 aromatic heterocycles. The van der Waals surface area contributed by atoms with E-state index in [1.165, 1.54) is 0 Å². The van der Waals surface area contributed by atoms with Crippen LogP contribution in [0.15, 0.2) is 0 Å². The van der Waals surface area contributed by atoms with Crippen LogP contribution in [0.3, 0.4) is 0 Å². The minimum absolute atomic E-state index is 0. The van der Waals surface area contributed by atoms with Crippen LogP contribution < -0.4 is 0 Å². The van der Waals surface area contributed by atoms with Gasteiger partial charge in [-0.15, -0.1) is 0 Å². The van der Waals surface area contributed by atoms with Gasteiger partial charge in [-0.3, -0.25) is 0 Å². The molecule has 11 heavy (non-hydrogen) atoms. The summed E-state index contributed by atoms with van der Waals surface area (Å²) >= 11 is 0. The second-order valence-corrected chi connectivity index (χ2v) is 1.92. The molecule has 1 heteroatoms. The predicted octanol–water partition coefficient (Wildman–Crippen LogP) is 2.04. The third kappa shape index (κ3) is 6.91. The summed E-state index contributed by atoms with van der Waals surface area (Å²) in [4.78, 5) is 0. The zero-order chi connectivity index (χ0) is 7.07. The van der Waals surface area contributed by atoms with Crippen molar-refractivity contribution in [3.05, 3.63) is 64.2 Å². The standard InChI is InChI=1S/2C5H5.Cr/c2*1-2-4-5-3-1;/h2*1-5H;/q;;+2. The van der Waals surface area contributed by atoms with Crippen LogP contribution in [0.4, 0.5) is 0 Å². The summed E-state index contributed by atoms with van der Waals surface area (Å²) < 4.78 is 0. The Morgan fingerprint density at radius 1 is 0.273 bits per heavy atom. The van der Waals surface area contributed by atoms with E-state index >= 15 is 0 Å². The molecule has 0 saturated heterocycles. The van der Waals surface area contributed by atoms with Crippen molar-refractivity contribution in [2.75, 3.05) is 0 Å². The van der Waals surface area contributed by atoms with Crippen LogP contribution in [0.5, 0.6) is 0 Å². The van der Waals surface area contributed by atoms with Crippen molar-refractivity contribution in [3.63, 3.8) is 0 Å². The van der Waals surface area contributed by atoms with Crippen molar-refractivity contribution in [1.82, 2.24) is 0 Å². The van der Waals surface area contributed by atoms with E-state index in [4.69, 9.17) is 0 Å². The second kappa shape index (κ2) is 8.63. The van der Waals surface area contributed by atoms with Gasteiger partial charge < -0.3 is 0 Å². The molecule has 0 aliphatic heterocycles. The Morgan fingerprint density at radius 2 is 0.364 bits per heavy atom. The third-order valence-electron chi connectivity index (χ3n) is 1.11.